The van der Waals surface area contributed by atoms with Gasteiger partial charge in [0.2, 0.25) is 0 Å². The van der Waals surface area contributed by atoms with Gasteiger partial charge in [-0.3, -0.25) is 14.5 Å². The summed E-state index contributed by atoms with van der Waals surface area (Å²) in [5, 5.41) is 7.23. The lowest BCUT2D eigenvalue weighted by Gasteiger charge is -2.09. The molecule has 2 aromatic heterocycles. The van der Waals surface area contributed by atoms with Gasteiger partial charge in [0.05, 0.1) is 17.0 Å². The molecule has 0 aliphatic rings. The third kappa shape index (κ3) is 4.08. The third-order valence-corrected chi connectivity index (χ3v) is 4.20. The Balaban J connectivity index is 1.61. The van der Waals surface area contributed by atoms with E-state index in [0.29, 0.717) is 18.7 Å². The normalized spacial score (nSPS) is 10.6. The second-order valence-electron chi connectivity index (χ2n) is 6.11. The molecule has 3 aromatic rings. The first-order chi connectivity index (χ1) is 12.5. The number of nitrogens with zero attached hydrogens (tertiary/aromatic N) is 3. The number of hydrogen-bond acceptors (Lipinski definition) is 4. The van der Waals surface area contributed by atoms with Gasteiger partial charge in [-0.2, -0.15) is 5.10 Å². The molecule has 0 radical (unpaired) electrons. The molecule has 0 aliphatic heterocycles. The van der Waals surface area contributed by atoms with E-state index in [4.69, 9.17) is 4.74 Å². The van der Waals surface area contributed by atoms with Gasteiger partial charge in [-0.25, -0.2) is 0 Å². The average molecular weight is 350 g/mol. The SMILES string of the molecule is Cc1nn(C)c(C)c1C(=O)NCc1cccc(OCc2ccccn2)c1. The molecule has 3 rings (SSSR count). The molecule has 1 aromatic carbocycles. The molecule has 0 spiro atoms. The molecule has 0 fully saturated rings. The molecule has 0 bridgehead atoms. The fraction of sp³-hybridized carbons (Fsp3) is 0.250. The number of benzene rings is 1. The van der Waals surface area contributed by atoms with Crippen LogP contribution in [-0.4, -0.2) is 20.7 Å². The van der Waals surface area contributed by atoms with Crippen molar-refractivity contribution in [1.29, 1.82) is 0 Å². The van der Waals surface area contributed by atoms with Gasteiger partial charge in [0.15, 0.2) is 0 Å². The van der Waals surface area contributed by atoms with E-state index in [1.807, 2.05) is 63.4 Å². The summed E-state index contributed by atoms with van der Waals surface area (Å²) in [6, 6.07) is 13.4. The average Bonchev–Trinajstić information content (AvgIpc) is 2.91. The number of pyridine rings is 1. The van der Waals surface area contributed by atoms with Crippen LogP contribution >= 0.6 is 0 Å². The molecule has 2 heterocycles. The summed E-state index contributed by atoms with van der Waals surface area (Å²) in [7, 11) is 1.83. The molecule has 6 nitrogen and oxygen atoms in total. The molecule has 26 heavy (non-hydrogen) atoms. The maximum Gasteiger partial charge on any atom is 0.255 e. The fourth-order valence-electron chi connectivity index (χ4n) is 2.76. The van der Waals surface area contributed by atoms with E-state index < -0.39 is 0 Å². The van der Waals surface area contributed by atoms with Crippen molar-refractivity contribution in [3.8, 4) is 5.75 Å². The van der Waals surface area contributed by atoms with Crippen LogP contribution in [0.15, 0.2) is 48.7 Å². The van der Waals surface area contributed by atoms with E-state index in [9.17, 15) is 4.79 Å². The lowest BCUT2D eigenvalue weighted by atomic mass is 10.1. The Hall–Kier alpha value is -3.15. The molecule has 0 saturated carbocycles. The maximum atomic E-state index is 12.5. The van der Waals surface area contributed by atoms with Crippen LogP contribution in [0.3, 0.4) is 0 Å². The Bertz CT molecular complexity index is 903. The van der Waals surface area contributed by atoms with Gasteiger partial charge >= 0.3 is 0 Å². The van der Waals surface area contributed by atoms with E-state index >= 15 is 0 Å². The highest BCUT2D eigenvalue weighted by Crippen LogP contribution is 2.16. The minimum absolute atomic E-state index is 0.118. The Labute approximate surface area is 152 Å². The van der Waals surface area contributed by atoms with E-state index in [1.54, 1.807) is 10.9 Å². The summed E-state index contributed by atoms with van der Waals surface area (Å²) in [6.07, 6.45) is 1.74. The second-order valence-corrected chi connectivity index (χ2v) is 6.11. The summed E-state index contributed by atoms with van der Waals surface area (Å²) in [4.78, 5) is 16.7. The predicted octanol–water partition coefficient (Wildman–Crippen LogP) is 2.94. The van der Waals surface area contributed by atoms with Crippen molar-refractivity contribution < 1.29 is 9.53 Å². The van der Waals surface area contributed by atoms with E-state index in [0.717, 1.165) is 28.4 Å². The van der Waals surface area contributed by atoms with Crippen molar-refractivity contribution >= 4 is 5.91 Å². The molecular weight excluding hydrogens is 328 g/mol. The van der Waals surface area contributed by atoms with Crippen LogP contribution in [0, 0.1) is 13.8 Å². The van der Waals surface area contributed by atoms with Crippen molar-refractivity contribution in [2.24, 2.45) is 7.05 Å². The van der Waals surface area contributed by atoms with Crippen molar-refractivity contribution in [1.82, 2.24) is 20.1 Å². The summed E-state index contributed by atoms with van der Waals surface area (Å²) < 4.78 is 7.50. The highest BCUT2D eigenvalue weighted by atomic mass is 16.5. The summed E-state index contributed by atoms with van der Waals surface area (Å²) in [6.45, 7) is 4.56. The van der Waals surface area contributed by atoms with E-state index in [1.165, 1.54) is 0 Å². The second kappa shape index (κ2) is 7.82. The van der Waals surface area contributed by atoms with Crippen LogP contribution in [-0.2, 0) is 20.2 Å². The molecule has 1 amide bonds. The first-order valence-corrected chi connectivity index (χ1v) is 8.44. The largest absolute Gasteiger partial charge is 0.487 e. The lowest BCUT2D eigenvalue weighted by molar-refractivity contribution is 0.0949. The first kappa shape index (κ1) is 17.7. The number of amides is 1. The van der Waals surface area contributed by atoms with Crippen LogP contribution < -0.4 is 10.1 Å². The summed E-state index contributed by atoms with van der Waals surface area (Å²) in [5.74, 6) is 0.629. The summed E-state index contributed by atoms with van der Waals surface area (Å²) >= 11 is 0. The zero-order valence-corrected chi connectivity index (χ0v) is 15.2. The van der Waals surface area contributed by atoms with Gasteiger partial charge in [0.25, 0.3) is 5.91 Å². The number of carbonyl (C=O) groups excluding carboxylic acids is 1. The summed E-state index contributed by atoms with van der Waals surface area (Å²) in [5.41, 5.74) is 4.06. The van der Waals surface area contributed by atoms with Gasteiger partial charge in [-0.05, 0) is 43.7 Å². The minimum Gasteiger partial charge on any atom is -0.487 e. The number of nitrogens with one attached hydrogen (secondary N) is 1. The van der Waals surface area contributed by atoms with Gasteiger partial charge in [0.1, 0.15) is 12.4 Å². The standard InChI is InChI=1S/C20H22N4O2/c1-14-19(15(2)24(3)23-14)20(25)22-12-16-7-6-9-18(11-16)26-13-17-8-4-5-10-21-17/h4-11H,12-13H2,1-3H3,(H,22,25). The molecule has 0 atom stereocenters. The van der Waals surface area contributed by atoms with Gasteiger partial charge in [-0.15, -0.1) is 0 Å². The van der Waals surface area contributed by atoms with E-state index in [2.05, 4.69) is 15.4 Å². The van der Waals surface area contributed by atoms with Crippen LogP contribution in [0.2, 0.25) is 0 Å². The monoisotopic (exact) mass is 350 g/mol. The zero-order chi connectivity index (χ0) is 18.5. The van der Waals surface area contributed by atoms with Crippen LogP contribution in [0.1, 0.15) is 33.0 Å². The molecular formula is C20H22N4O2. The number of carbonyl (C=O) groups is 1. The number of hydrogen-bond donors (Lipinski definition) is 1. The van der Waals surface area contributed by atoms with Crippen molar-refractivity contribution in [2.45, 2.75) is 27.0 Å². The quantitative estimate of drug-likeness (QED) is 0.742. The Morgan fingerprint density at radius 3 is 2.73 bits per heavy atom. The molecule has 0 unspecified atom stereocenters. The number of rotatable bonds is 6. The van der Waals surface area contributed by atoms with Crippen LogP contribution in [0.4, 0.5) is 0 Å². The number of aromatic nitrogens is 3. The Morgan fingerprint density at radius 2 is 2.04 bits per heavy atom. The first-order valence-electron chi connectivity index (χ1n) is 8.44. The highest BCUT2D eigenvalue weighted by Gasteiger charge is 2.16. The molecule has 1 N–H and O–H groups in total. The minimum atomic E-state index is -0.118. The highest BCUT2D eigenvalue weighted by molar-refractivity contribution is 5.96. The van der Waals surface area contributed by atoms with Gasteiger partial charge < -0.3 is 10.1 Å². The van der Waals surface area contributed by atoms with Gasteiger partial charge in [0, 0.05) is 25.5 Å². The third-order valence-electron chi connectivity index (χ3n) is 4.20. The zero-order valence-electron chi connectivity index (χ0n) is 15.2. The maximum absolute atomic E-state index is 12.5. The Morgan fingerprint density at radius 1 is 1.19 bits per heavy atom. The van der Waals surface area contributed by atoms with Crippen molar-refractivity contribution in [3.63, 3.8) is 0 Å². The molecule has 0 aliphatic carbocycles. The van der Waals surface area contributed by atoms with Crippen molar-refractivity contribution in [3.05, 3.63) is 76.9 Å². The van der Waals surface area contributed by atoms with Crippen molar-refractivity contribution in [2.75, 3.05) is 0 Å². The number of ether oxygens (including phenoxy) is 1. The molecule has 6 heteroatoms. The molecule has 0 saturated heterocycles. The molecule has 134 valence electrons. The van der Waals surface area contributed by atoms with Crippen LogP contribution in [0.5, 0.6) is 5.75 Å². The van der Waals surface area contributed by atoms with Crippen LogP contribution in [0.25, 0.3) is 0 Å². The van der Waals surface area contributed by atoms with Gasteiger partial charge in [-0.1, -0.05) is 18.2 Å². The smallest absolute Gasteiger partial charge is 0.255 e. The van der Waals surface area contributed by atoms with E-state index in [-0.39, 0.29) is 5.91 Å². The fourth-order valence-corrected chi connectivity index (χ4v) is 2.76. The topological polar surface area (TPSA) is 69.0 Å². The number of aryl methyl sites for hydroxylation is 2. The predicted molar refractivity (Wildman–Crippen MR) is 98.9 cm³/mol. The Kier molecular flexibility index (Phi) is 5.31. The lowest BCUT2D eigenvalue weighted by Crippen LogP contribution is -2.24.